The number of nitrogens with one attached hydrogen (secondary N) is 2. The van der Waals surface area contributed by atoms with Crippen LogP contribution in [0, 0.1) is 0 Å². The van der Waals surface area contributed by atoms with E-state index in [0.29, 0.717) is 18.7 Å². The molecule has 4 nitrogen and oxygen atoms in total. The molecule has 6 heteroatoms. The van der Waals surface area contributed by atoms with E-state index in [4.69, 9.17) is 0 Å². The smallest absolute Gasteiger partial charge is 0.387 e. The van der Waals surface area contributed by atoms with Crippen LogP contribution < -0.4 is 15.4 Å². The molecule has 0 aliphatic carbocycles. The minimum atomic E-state index is -2.90. The van der Waals surface area contributed by atoms with Crippen molar-refractivity contribution < 1.29 is 18.3 Å². The van der Waals surface area contributed by atoms with E-state index in [-0.39, 0.29) is 11.7 Å². The predicted octanol–water partition coefficient (Wildman–Crippen LogP) is 1.05. The Kier molecular flexibility index (Phi) is 3.53. The third kappa shape index (κ3) is 2.71. The Bertz CT molecular complexity index is 412. The Labute approximate surface area is 97.0 Å². The van der Waals surface area contributed by atoms with Gasteiger partial charge in [0, 0.05) is 18.7 Å². The average Bonchev–Trinajstić information content (AvgIpc) is 2.30. The molecule has 1 aromatic rings. The first-order valence-electron chi connectivity index (χ1n) is 5.23. The third-order valence-electron chi connectivity index (χ3n) is 2.48. The van der Waals surface area contributed by atoms with E-state index in [0.717, 1.165) is 0 Å². The number of alkyl halides is 2. The molecule has 1 saturated heterocycles. The molecule has 2 rings (SSSR count). The van der Waals surface area contributed by atoms with Crippen LogP contribution in [0.4, 0.5) is 8.78 Å². The van der Waals surface area contributed by atoms with Crippen molar-refractivity contribution in [2.24, 2.45) is 0 Å². The highest BCUT2D eigenvalue weighted by Gasteiger charge is 2.26. The highest BCUT2D eigenvalue weighted by molar-refractivity contribution is 5.84. The van der Waals surface area contributed by atoms with Gasteiger partial charge in [0.05, 0.1) is 0 Å². The zero-order valence-corrected chi connectivity index (χ0v) is 8.95. The molecule has 1 aliphatic heterocycles. The summed E-state index contributed by atoms with van der Waals surface area (Å²) in [6, 6.07) is 5.64. The number of carbonyl (C=O) groups is 1. The van der Waals surface area contributed by atoms with Gasteiger partial charge in [-0.3, -0.25) is 4.79 Å². The molecule has 1 amide bonds. The van der Waals surface area contributed by atoms with Crippen molar-refractivity contribution >= 4 is 5.91 Å². The highest BCUT2D eigenvalue weighted by Crippen LogP contribution is 2.27. The fourth-order valence-corrected chi connectivity index (χ4v) is 1.77. The topological polar surface area (TPSA) is 50.4 Å². The Hall–Kier alpha value is -1.69. The van der Waals surface area contributed by atoms with Crippen LogP contribution in [0.3, 0.4) is 0 Å². The first-order chi connectivity index (χ1) is 8.18. The molecular formula is C11H12F2N2O2. The summed E-state index contributed by atoms with van der Waals surface area (Å²) in [7, 11) is 0. The van der Waals surface area contributed by atoms with Crippen molar-refractivity contribution in [2.45, 2.75) is 12.7 Å². The Balaban J connectivity index is 2.26. The van der Waals surface area contributed by atoms with Crippen LogP contribution in [0.25, 0.3) is 0 Å². The van der Waals surface area contributed by atoms with Crippen molar-refractivity contribution in [1.29, 1.82) is 0 Å². The van der Waals surface area contributed by atoms with Crippen molar-refractivity contribution in [3.63, 3.8) is 0 Å². The molecule has 1 aromatic carbocycles. The molecule has 1 atom stereocenters. The average molecular weight is 242 g/mol. The molecule has 0 radical (unpaired) electrons. The van der Waals surface area contributed by atoms with E-state index in [9.17, 15) is 13.6 Å². The van der Waals surface area contributed by atoms with Gasteiger partial charge in [-0.05, 0) is 6.07 Å². The second kappa shape index (κ2) is 5.09. The van der Waals surface area contributed by atoms with Gasteiger partial charge in [-0.25, -0.2) is 0 Å². The number of carbonyl (C=O) groups excluding carboxylic acids is 1. The Morgan fingerprint density at radius 2 is 2.06 bits per heavy atom. The molecule has 1 aliphatic rings. The summed E-state index contributed by atoms with van der Waals surface area (Å²) in [6.07, 6.45) is 0. The van der Waals surface area contributed by atoms with E-state index in [1.54, 1.807) is 18.2 Å². The van der Waals surface area contributed by atoms with E-state index >= 15 is 0 Å². The van der Waals surface area contributed by atoms with E-state index < -0.39 is 12.7 Å². The third-order valence-corrected chi connectivity index (χ3v) is 2.48. The van der Waals surface area contributed by atoms with Crippen molar-refractivity contribution in [1.82, 2.24) is 10.6 Å². The molecular weight excluding hydrogens is 230 g/mol. The minimum Gasteiger partial charge on any atom is -0.434 e. The number of para-hydroxylation sites is 1. The van der Waals surface area contributed by atoms with E-state index in [2.05, 4.69) is 15.4 Å². The van der Waals surface area contributed by atoms with Crippen LogP contribution in [-0.2, 0) is 4.79 Å². The molecule has 92 valence electrons. The maximum atomic E-state index is 12.2. The van der Waals surface area contributed by atoms with Crippen molar-refractivity contribution in [3.05, 3.63) is 29.8 Å². The summed E-state index contributed by atoms with van der Waals surface area (Å²) >= 11 is 0. The zero-order chi connectivity index (χ0) is 12.3. The standard InChI is InChI=1S/C11H12F2N2O2/c12-11(13)17-8-4-2-1-3-7(8)9-10(16)15-6-5-14-9/h1-4,9,11,14H,5-6H2,(H,15,16). The molecule has 2 N–H and O–H groups in total. The molecule has 0 spiro atoms. The van der Waals surface area contributed by atoms with Gasteiger partial charge in [0.1, 0.15) is 11.8 Å². The van der Waals surface area contributed by atoms with Gasteiger partial charge < -0.3 is 15.4 Å². The number of amides is 1. The van der Waals surface area contributed by atoms with Gasteiger partial charge in [-0.2, -0.15) is 8.78 Å². The number of piperazine rings is 1. The van der Waals surface area contributed by atoms with Crippen LogP contribution in [0.1, 0.15) is 11.6 Å². The van der Waals surface area contributed by atoms with Gasteiger partial charge in [-0.1, -0.05) is 18.2 Å². The number of halogens is 2. The van der Waals surface area contributed by atoms with Gasteiger partial charge in [0.15, 0.2) is 0 Å². The molecule has 1 heterocycles. The maximum absolute atomic E-state index is 12.2. The summed E-state index contributed by atoms with van der Waals surface area (Å²) in [4.78, 5) is 11.6. The Morgan fingerprint density at radius 1 is 1.29 bits per heavy atom. The summed E-state index contributed by atoms with van der Waals surface area (Å²) in [5.41, 5.74) is 0.421. The lowest BCUT2D eigenvalue weighted by atomic mass is 10.0. The fraction of sp³-hybridized carbons (Fsp3) is 0.364. The highest BCUT2D eigenvalue weighted by atomic mass is 19.3. The van der Waals surface area contributed by atoms with Crippen molar-refractivity contribution in [3.8, 4) is 5.75 Å². The molecule has 1 fully saturated rings. The second-order valence-electron chi connectivity index (χ2n) is 3.59. The van der Waals surface area contributed by atoms with Gasteiger partial charge in [0.25, 0.3) is 0 Å². The molecule has 17 heavy (non-hydrogen) atoms. The SMILES string of the molecule is O=C1NCCNC1c1ccccc1OC(F)F. The lowest BCUT2D eigenvalue weighted by molar-refractivity contribution is -0.124. The van der Waals surface area contributed by atoms with Gasteiger partial charge >= 0.3 is 6.61 Å². The largest absolute Gasteiger partial charge is 0.434 e. The first-order valence-corrected chi connectivity index (χ1v) is 5.23. The number of benzene rings is 1. The summed E-state index contributed by atoms with van der Waals surface area (Å²) in [6.45, 7) is -1.77. The van der Waals surface area contributed by atoms with Crippen molar-refractivity contribution in [2.75, 3.05) is 13.1 Å². The summed E-state index contributed by atoms with van der Waals surface area (Å²) in [5.74, 6) is -0.210. The maximum Gasteiger partial charge on any atom is 0.387 e. The quantitative estimate of drug-likeness (QED) is 0.833. The number of rotatable bonds is 3. The summed E-state index contributed by atoms with van der Waals surface area (Å²) < 4.78 is 28.8. The molecule has 0 bridgehead atoms. The second-order valence-corrected chi connectivity index (χ2v) is 3.59. The summed E-state index contributed by atoms with van der Waals surface area (Å²) in [5, 5.41) is 5.63. The van der Waals surface area contributed by atoms with Crippen LogP contribution in [0.5, 0.6) is 5.75 Å². The van der Waals surface area contributed by atoms with Crippen LogP contribution in [0.15, 0.2) is 24.3 Å². The number of hydrogen-bond donors (Lipinski definition) is 2. The molecule has 0 saturated carbocycles. The zero-order valence-electron chi connectivity index (χ0n) is 8.95. The van der Waals surface area contributed by atoms with Gasteiger partial charge in [-0.15, -0.1) is 0 Å². The fourth-order valence-electron chi connectivity index (χ4n) is 1.77. The lowest BCUT2D eigenvalue weighted by Gasteiger charge is -2.25. The molecule has 0 aromatic heterocycles. The number of ether oxygens (including phenoxy) is 1. The molecule has 1 unspecified atom stereocenters. The van der Waals surface area contributed by atoms with E-state index in [1.807, 2.05) is 0 Å². The van der Waals surface area contributed by atoms with Crippen LogP contribution >= 0.6 is 0 Å². The normalized spacial score (nSPS) is 20.2. The predicted molar refractivity (Wildman–Crippen MR) is 56.8 cm³/mol. The van der Waals surface area contributed by atoms with Gasteiger partial charge in [0.2, 0.25) is 5.91 Å². The lowest BCUT2D eigenvalue weighted by Crippen LogP contribution is -2.47. The minimum absolute atomic E-state index is 0.0250. The van der Waals surface area contributed by atoms with Crippen LogP contribution in [-0.4, -0.2) is 25.6 Å². The first kappa shape index (κ1) is 11.8. The monoisotopic (exact) mass is 242 g/mol. The van der Waals surface area contributed by atoms with Crippen LogP contribution in [0.2, 0.25) is 0 Å². The Morgan fingerprint density at radius 3 is 2.76 bits per heavy atom. The van der Waals surface area contributed by atoms with E-state index in [1.165, 1.54) is 6.07 Å². The number of hydrogen-bond acceptors (Lipinski definition) is 3.